The van der Waals surface area contributed by atoms with Crippen LogP contribution in [0.1, 0.15) is 10.4 Å². The van der Waals surface area contributed by atoms with Gasteiger partial charge in [0.1, 0.15) is 0 Å². The predicted molar refractivity (Wildman–Crippen MR) is 66.4 cm³/mol. The van der Waals surface area contributed by atoms with Gasteiger partial charge in [-0.25, -0.2) is 19.2 Å². The van der Waals surface area contributed by atoms with Crippen molar-refractivity contribution in [1.29, 1.82) is 0 Å². The molecule has 0 aliphatic rings. The van der Waals surface area contributed by atoms with Crippen molar-refractivity contribution in [3.8, 4) is 0 Å². The number of rotatable bonds is 3. The third-order valence-electron chi connectivity index (χ3n) is 2.07. The predicted octanol–water partition coefficient (Wildman–Crippen LogP) is 2.82. The average molecular weight is 312 g/mol. The van der Waals surface area contributed by atoms with Crippen LogP contribution in [-0.2, 0) is 0 Å². The lowest BCUT2D eigenvalue weighted by atomic mass is 10.2. The number of aromatic nitrogens is 2. The third kappa shape index (κ3) is 2.80. The zero-order valence-corrected chi connectivity index (χ0v) is 10.5. The summed E-state index contributed by atoms with van der Waals surface area (Å²) < 4.78 is 13.1. The van der Waals surface area contributed by atoms with Crippen molar-refractivity contribution < 1.29 is 14.3 Å². The Labute approximate surface area is 110 Å². The molecule has 0 spiro atoms. The van der Waals surface area contributed by atoms with Crippen molar-refractivity contribution in [3.05, 3.63) is 46.4 Å². The number of halogens is 2. The first-order chi connectivity index (χ1) is 8.56. The first-order valence-corrected chi connectivity index (χ1v) is 5.63. The Morgan fingerprint density at radius 1 is 1.33 bits per heavy atom. The molecule has 0 amide bonds. The van der Waals surface area contributed by atoms with E-state index in [1.165, 1.54) is 6.07 Å². The van der Waals surface area contributed by atoms with Gasteiger partial charge in [-0.2, -0.15) is 0 Å². The summed E-state index contributed by atoms with van der Waals surface area (Å²) in [5, 5.41) is 11.7. The molecule has 0 aliphatic heterocycles. The Morgan fingerprint density at radius 2 is 2.00 bits per heavy atom. The molecule has 2 aromatic rings. The quantitative estimate of drug-likeness (QED) is 0.911. The van der Waals surface area contributed by atoms with Crippen LogP contribution < -0.4 is 5.32 Å². The van der Waals surface area contributed by atoms with Crippen LogP contribution in [0.25, 0.3) is 0 Å². The van der Waals surface area contributed by atoms with Crippen LogP contribution in [0.15, 0.2) is 35.1 Å². The smallest absolute Gasteiger partial charge is 0.336 e. The van der Waals surface area contributed by atoms with Crippen LogP contribution in [-0.4, -0.2) is 21.0 Å². The molecule has 0 bridgehead atoms. The summed E-state index contributed by atoms with van der Waals surface area (Å²) in [4.78, 5) is 18.4. The number of aromatic carboxylic acids is 1. The fourth-order valence-electron chi connectivity index (χ4n) is 1.27. The third-order valence-corrected chi connectivity index (χ3v) is 2.76. The van der Waals surface area contributed by atoms with Crippen LogP contribution in [0.4, 0.5) is 16.0 Å². The molecule has 2 rings (SSSR count). The van der Waals surface area contributed by atoms with Gasteiger partial charge in [-0.05, 0) is 34.1 Å². The van der Waals surface area contributed by atoms with Gasteiger partial charge in [-0.3, -0.25) is 0 Å². The molecule has 0 radical (unpaired) electrons. The number of anilines is 2. The molecule has 1 aromatic carbocycles. The summed E-state index contributed by atoms with van der Waals surface area (Å²) in [6.45, 7) is 0. The topological polar surface area (TPSA) is 75.1 Å². The van der Waals surface area contributed by atoms with Crippen molar-refractivity contribution in [3.63, 3.8) is 0 Å². The monoisotopic (exact) mass is 311 g/mol. The van der Waals surface area contributed by atoms with E-state index in [1.807, 2.05) is 0 Å². The molecule has 0 fully saturated rings. The highest BCUT2D eigenvalue weighted by Gasteiger charge is 2.09. The van der Waals surface area contributed by atoms with Gasteiger partial charge in [0.15, 0.2) is 5.82 Å². The maximum atomic E-state index is 12.6. The molecule has 0 saturated heterocycles. The zero-order chi connectivity index (χ0) is 13.1. The van der Waals surface area contributed by atoms with E-state index in [9.17, 15) is 9.18 Å². The highest BCUT2D eigenvalue weighted by Crippen LogP contribution is 2.22. The van der Waals surface area contributed by atoms with Crippen molar-refractivity contribution in [2.45, 2.75) is 0 Å². The van der Waals surface area contributed by atoms with E-state index in [2.05, 4.69) is 31.2 Å². The van der Waals surface area contributed by atoms with Crippen LogP contribution >= 0.6 is 15.9 Å². The molecule has 18 heavy (non-hydrogen) atoms. The summed E-state index contributed by atoms with van der Waals surface area (Å²) in [5.74, 6) is -1.40. The second-order valence-corrected chi connectivity index (χ2v) is 4.20. The fourth-order valence-corrected chi connectivity index (χ4v) is 1.69. The van der Waals surface area contributed by atoms with Crippen molar-refractivity contribution in [2.75, 3.05) is 5.32 Å². The van der Waals surface area contributed by atoms with E-state index >= 15 is 0 Å². The van der Waals surface area contributed by atoms with Crippen LogP contribution in [0.5, 0.6) is 0 Å². The summed E-state index contributed by atoms with van der Waals surface area (Å²) in [5.41, 5.74) is 0.615. The van der Waals surface area contributed by atoms with Crippen molar-refractivity contribution in [2.24, 2.45) is 0 Å². The highest BCUT2D eigenvalue weighted by atomic mass is 79.9. The lowest BCUT2D eigenvalue weighted by molar-refractivity contribution is 0.0696. The Hall–Kier alpha value is -2.02. The van der Waals surface area contributed by atoms with Crippen LogP contribution in [0.2, 0.25) is 0 Å². The maximum absolute atomic E-state index is 12.6. The molecule has 0 saturated carbocycles. The summed E-state index contributed by atoms with van der Waals surface area (Å²) in [7, 11) is 0. The van der Waals surface area contributed by atoms with E-state index < -0.39 is 11.8 Å². The molecule has 0 unspecified atom stereocenters. The van der Waals surface area contributed by atoms with E-state index in [4.69, 9.17) is 5.11 Å². The van der Waals surface area contributed by atoms with Gasteiger partial charge in [0.05, 0.1) is 18.0 Å². The number of nitrogens with zero attached hydrogens (tertiary/aromatic N) is 2. The minimum Gasteiger partial charge on any atom is -0.478 e. The first-order valence-electron chi connectivity index (χ1n) is 4.83. The lowest BCUT2D eigenvalue weighted by Gasteiger charge is -2.06. The number of benzene rings is 1. The van der Waals surface area contributed by atoms with E-state index in [-0.39, 0.29) is 11.5 Å². The van der Waals surface area contributed by atoms with Crippen LogP contribution in [0.3, 0.4) is 0 Å². The number of carbonyl (C=O) groups is 1. The molecule has 1 heterocycles. The molecule has 0 aliphatic carbocycles. The SMILES string of the molecule is O=C(O)c1cc(Nc2ncc(F)cn2)ccc1Br. The van der Waals surface area contributed by atoms with Crippen molar-refractivity contribution in [1.82, 2.24) is 9.97 Å². The highest BCUT2D eigenvalue weighted by molar-refractivity contribution is 9.10. The number of hydrogen-bond donors (Lipinski definition) is 2. The number of carboxylic acids is 1. The second-order valence-electron chi connectivity index (χ2n) is 3.35. The Bertz CT molecular complexity index is 589. The first kappa shape index (κ1) is 12.4. The molecule has 5 nitrogen and oxygen atoms in total. The standard InChI is InChI=1S/C11H7BrFN3O2/c12-9-2-1-7(3-8(9)10(17)18)16-11-14-4-6(13)5-15-11/h1-5H,(H,17,18)(H,14,15,16). The van der Waals surface area contributed by atoms with Gasteiger partial charge < -0.3 is 10.4 Å². The number of nitrogens with one attached hydrogen (secondary N) is 1. The van der Waals surface area contributed by atoms with Crippen molar-refractivity contribution >= 4 is 33.5 Å². The normalized spacial score (nSPS) is 10.1. The second kappa shape index (κ2) is 5.09. The maximum Gasteiger partial charge on any atom is 0.336 e. The Balaban J connectivity index is 2.27. The summed E-state index contributed by atoms with van der Waals surface area (Å²) >= 11 is 3.14. The molecular weight excluding hydrogens is 305 g/mol. The zero-order valence-electron chi connectivity index (χ0n) is 8.89. The average Bonchev–Trinajstić information content (AvgIpc) is 2.34. The van der Waals surface area contributed by atoms with Gasteiger partial charge in [0.25, 0.3) is 0 Å². The summed E-state index contributed by atoms with van der Waals surface area (Å²) in [6, 6.07) is 4.68. The largest absolute Gasteiger partial charge is 0.478 e. The summed E-state index contributed by atoms with van der Waals surface area (Å²) in [6.07, 6.45) is 2.04. The molecule has 7 heteroatoms. The molecule has 92 valence electrons. The fraction of sp³-hybridized carbons (Fsp3) is 0. The number of hydrogen-bond acceptors (Lipinski definition) is 4. The minimum absolute atomic E-state index is 0.113. The van der Waals surface area contributed by atoms with Gasteiger partial charge >= 0.3 is 5.97 Å². The van der Waals surface area contributed by atoms with E-state index in [1.54, 1.807) is 12.1 Å². The van der Waals surface area contributed by atoms with Gasteiger partial charge in [0.2, 0.25) is 5.95 Å². The lowest BCUT2D eigenvalue weighted by Crippen LogP contribution is -2.01. The van der Waals surface area contributed by atoms with Crippen LogP contribution in [0, 0.1) is 5.82 Å². The number of carboxylic acid groups (broad SMARTS) is 1. The van der Waals surface area contributed by atoms with Gasteiger partial charge in [-0.15, -0.1) is 0 Å². The van der Waals surface area contributed by atoms with E-state index in [0.717, 1.165) is 12.4 Å². The molecular formula is C11H7BrFN3O2. The van der Waals surface area contributed by atoms with E-state index in [0.29, 0.717) is 10.2 Å². The Kier molecular flexibility index (Phi) is 3.52. The van der Waals surface area contributed by atoms with Gasteiger partial charge in [0, 0.05) is 10.2 Å². The Morgan fingerprint density at radius 3 is 2.61 bits per heavy atom. The molecule has 0 atom stereocenters. The minimum atomic E-state index is -1.05. The molecule has 2 N–H and O–H groups in total. The molecule has 1 aromatic heterocycles. The van der Waals surface area contributed by atoms with Gasteiger partial charge in [-0.1, -0.05) is 0 Å².